The Morgan fingerprint density at radius 3 is 2.95 bits per heavy atom. The van der Waals surface area contributed by atoms with E-state index in [4.69, 9.17) is 4.74 Å². The van der Waals surface area contributed by atoms with Crippen LogP contribution in [0.3, 0.4) is 0 Å². The first-order valence-corrected chi connectivity index (χ1v) is 7.53. The molecule has 1 aliphatic carbocycles. The largest absolute Gasteiger partial charge is 0.447 e. The maximum atomic E-state index is 11.6. The van der Waals surface area contributed by atoms with Crippen LogP contribution in [0.1, 0.15) is 32.6 Å². The van der Waals surface area contributed by atoms with Crippen LogP contribution in [0.2, 0.25) is 0 Å². The number of nitrogens with one attached hydrogen (secondary N) is 1. The van der Waals surface area contributed by atoms with E-state index in [9.17, 15) is 4.79 Å². The molecule has 4 nitrogen and oxygen atoms in total. The van der Waals surface area contributed by atoms with Crippen molar-refractivity contribution in [1.29, 1.82) is 0 Å². The van der Waals surface area contributed by atoms with Gasteiger partial charge < -0.3 is 10.1 Å². The normalized spacial score (nSPS) is 20.4. The predicted octanol–water partition coefficient (Wildman–Crippen LogP) is 3.63. The summed E-state index contributed by atoms with van der Waals surface area (Å²) in [5.74, 6) is 0.897. The maximum Gasteiger partial charge on any atom is 0.414 e. The monoisotopic (exact) mass is 274 g/mol. The summed E-state index contributed by atoms with van der Waals surface area (Å²) in [6, 6.07) is 8.50. The minimum absolute atomic E-state index is 0.246. The zero-order chi connectivity index (χ0) is 13.9. The summed E-state index contributed by atoms with van der Waals surface area (Å²) in [6.07, 6.45) is 5.14. The fourth-order valence-corrected chi connectivity index (χ4v) is 2.96. The van der Waals surface area contributed by atoms with Crippen molar-refractivity contribution in [3.8, 4) is 0 Å². The van der Waals surface area contributed by atoms with Crippen LogP contribution in [-0.2, 0) is 4.74 Å². The number of cyclic esters (lactones) is 1. The second kappa shape index (κ2) is 5.73. The number of ether oxygens (including phenoxy) is 1. The van der Waals surface area contributed by atoms with Crippen LogP contribution >= 0.6 is 0 Å². The average Bonchev–Trinajstić information content (AvgIpc) is 2.81. The van der Waals surface area contributed by atoms with Crippen molar-refractivity contribution >= 4 is 17.5 Å². The molecule has 0 bridgehead atoms. The van der Waals surface area contributed by atoms with Gasteiger partial charge in [0.2, 0.25) is 0 Å². The number of benzene rings is 1. The third kappa shape index (κ3) is 2.89. The van der Waals surface area contributed by atoms with Crippen molar-refractivity contribution in [3.63, 3.8) is 0 Å². The number of nitrogens with zero attached hydrogens (tertiary/aromatic N) is 1. The molecule has 3 rings (SSSR count). The van der Waals surface area contributed by atoms with Gasteiger partial charge >= 0.3 is 6.09 Å². The van der Waals surface area contributed by atoms with E-state index < -0.39 is 0 Å². The van der Waals surface area contributed by atoms with Crippen molar-refractivity contribution in [2.75, 3.05) is 23.4 Å². The summed E-state index contributed by atoms with van der Waals surface area (Å²) in [6.45, 7) is 3.35. The topological polar surface area (TPSA) is 41.6 Å². The number of hydrogen-bond acceptors (Lipinski definition) is 3. The Labute approximate surface area is 120 Å². The lowest BCUT2D eigenvalue weighted by molar-refractivity contribution is 0.181. The van der Waals surface area contributed by atoms with Crippen LogP contribution in [0.5, 0.6) is 0 Å². The number of anilines is 2. The van der Waals surface area contributed by atoms with Gasteiger partial charge in [-0.2, -0.15) is 0 Å². The molecule has 20 heavy (non-hydrogen) atoms. The molecule has 2 aliphatic rings. The lowest BCUT2D eigenvalue weighted by atomic mass is 9.81. The molecule has 1 unspecified atom stereocenters. The number of amides is 1. The van der Waals surface area contributed by atoms with Crippen LogP contribution in [-0.4, -0.2) is 25.3 Å². The second-order valence-electron chi connectivity index (χ2n) is 5.89. The van der Waals surface area contributed by atoms with Crippen molar-refractivity contribution in [3.05, 3.63) is 24.3 Å². The van der Waals surface area contributed by atoms with Crippen molar-refractivity contribution < 1.29 is 9.53 Å². The lowest BCUT2D eigenvalue weighted by Crippen LogP contribution is -2.24. The van der Waals surface area contributed by atoms with Gasteiger partial charge in [-0.3, -0.25) is 4.90 Å². The molecule has 0 radical (unpaired) electrons. The third-order valence-corrected chi connectivity index (χ3v) is 4.24. The molecule has 1 atom stereocenters. The summed E-state index contributed by atoms with van der Waals surface area (Å²) < 4.78 is 4.98. The standard InChI is InChI=1S/C16H22N2O2/c1-12(10-13-4-2-5-13)17-14-6-3-7-15(11-14)18-8-9-20-16(18)19/h3,6-7,11-13,17H,2,4-5,8-10H2,1H3. The number of carbonyl (C=O) groups is 1. The van der Waals surface area contributed by atoms with Gasteiger partial charge in [-0.15, -0.1) is 0 Å². The van der Waals surface area contributed by atoms with Crippen LogP contribution in [0.4, 0.5) is 16.2 Å². The summed E-state index contributed by atoms with van der Waals surface area (Å²) in [7, 11) is 0. The Bertz CT molecular complexity index is 485. The average molecular weight is 274 g/mol. The Hall–Kier alpha value is -1.71. The Kier molecular flexibility index (Phi) is 3.81. The maximum absolute atomic E-state index is 11.6. The van der Waals surface area contributed by atoms with Gasteiger partial charge in [0.25, 0.3) is 0 Å². The molecule has 1 aromatic rings. The molecule has 1 aliphatic heterocycles. The van der Waals surface area contributed by atoms with Crippen molar-refractivity contribution in [2.45, 2.75) is 38.6 Å². The highest BCUT2D eigenvalue weighted by Crippen LogP contribution is 2.31. The zero-order valence-corrected chi connectivity index (χ0v) is 12.0. The third-order valence-electron chi connectivity index (χ3n) is 4.24. The zero-order valence-electron chi connectivity index (χ0n) is 12.0. The Morgan fingerprint density at radius 2 is 2.30 bits per heavy atom. The number of rotatable bonds is 5. The SMILES string of the molecule is CC(CC1CCC1)Nc1cccc(N2CCOC2=O)c1. The quantitative estimate of drug-likeness (QED) is 0.891. The van der Waals surface area contributed by atoms with E-state index in [2.05, 4.69) is 18.3 Å². The van der Waals surface area contributed by atoms with Crippen LogP contribution in [0.25, 0.3) is 0 Å². The molecule has 1 heterocycles. The molecular weight excluding hydrogens is 252 g/mol. The first-order valence-electron chi connectivity index (χ1n) is 7.53. The molecule has 1 aromatic carbocycles. The molecule has 1 amide bonds. The molecule has 4 heteroatoms. The molecule has 1 saturated heterocycles. The van der Waals surface area contributed by atoms with Crippen LogP contribution in [0, 0.1) is 5.92 Å². The second-order valence-corrected chi connectivity index (χ2v) is 5.89. The van der Waals surface area contributed by atoms with Gasteiger partial charge in [-0.25, -0.2) is 4.79 Å². The summed E-state index contributed by atoms with van der Waals surface area (Å²) in [5, 5.41) is 3.54. The van der Waals surface area contributed by atoms with E-state index in [1.165, 1.54) is 25.7 Å². The van der Waals surface area contributed by atoms with Gasteiger partial charge in [0.05, 0.1) is 6.54 Å². The first kappa shape index (κ1) is 13.3. The molecule has 0 spiro atoms. The summed E-state index contributed by atoms with van der Waals surface area (Å²) in [5.41, 5.74) is 1.99. The minimum Gasteiger partial charge on any atom is -0.447 e. The van der Waals surface area contributed by atoms with Crippen LogP contribution < -0.4 is 10.2 Å². The summed E-state index contributed by atoms with van der Waals surface area (Å²) in [4.78, 5) is 13.3. The van der Waals surface area contributed by atoms with E-state index in [1.807, 2.05) is 18.2 Å². The highest BCUT2D eigenvalue weighted by molar-refractivity contribution is 5.89. The Morgan fingerprint density at radius 1 is 1.45 bits per heavy atom. The van der Waals surface area contributed by atoms with Crippen LogP contribution in [0.15, 0.2) is 24.3 Å². The smallest absolute Gasteiger partial charge is 0.414 e. The van der Waals surface area contributed by atoms with Crippen molar-refractivity contribution in [2.24, 2.45) is 5.92 Å². The highest BCUT2D eigenvalue weighted by atomic mass is 16.6. The number of carbonyl (C=O) groups excluding carboxylic acids is 1. The molecular formula is C16H22N2O2. The molecule has 1 saturated carbocycles. The van der Waals surface area contributed by atoms with Gasteiger partial charge in [-0.05, 0) is 37.5 Å². The minimum atomic E-state index is -0.246. The lowest BCUT2D eigenvalue weighted by Gasteiger charge is -2.29. The number of hydrogen-bond donors (Lipinski definition) is 1. The van der Waals surface area contributed by atoms with E-state index in [1.54, 1.807) is 4.90 Å². The summed E-state index contributed by atoms with van der Waals surface area (Å²) >= 11 is 0. The molecule has 108 valence electrons. The molecule has 0 aromatic heterocycles. The molecule has 1 N–H and O–H groups in total. The fraction of sp³-hybridized carbons (Fsp3) is 0.562. The van der Waals surface area contributed by atoms with E-state index in [-0.39, 0.29) is 6.09 Å². The van der Waals surface area contributed by atoms with E-state index in [0.29, 0.717) is 19.2 Å². The first-order chi connectivity index (χ1) is 9.72. The Balaban J connectivity index is 1.62. The van der Waals surface area contributed by atoms with Crippen molar-refractivity contribution in [1.82, 2.24) is 0 Å². The van der Waals surface area contributed by atoms with Gasteiger partial charge in [-0.1, -0.05) is 25.3 Å². The van der Waals surface area contributed by atoms with Gasteiger partial charge in [0.15, 0.2) is 0 Å². The van der Waals surface area contributed by atoms with Gasteiger partial charge in [0.1, 0.15) is 6.61 Å². The van der Waals surface area contributed by atoms with E-state index >= 15 is 0 Å². The fourth-order valence-electron chi connectivity index (χ4n) is 2.96. The predicted molar refractivity (Wildman–Crippen MR) is 80.2 cm³/mol. The highest BCUT2D eigenvalue weighted by Gasteiger charge is 2.24. The van der Waals surface area contributed by atoms with Gasteiger partial charge in [0, 0.05) is 17.4 Å². The molecule has 2 fully saturated rings. The van der Waals surface area contributed by atoms with E-state index in [0.717, 1.165) is 17.3 Å².